The summed E-state index contributed by atoms with van der Waals surface area (Å²) in [5, 5.41) is 0. The molecule has 11 heteroatoms. The van der Waals surface area contributed by atoms with Gasteiger partial charge in [-0.2, -0.15) is 4.31 Å². The molecule has 1 aromatic heterocycles. The lowest BCUT2D eigenvalue weighted by Gasteiger charge is -2.28. The molecule has 1 unspecified atom stereocenters. The van der Waals surface area contributed by atoms with Crippen LogP contribution in [-0.4, -0.2) is 73.7 Å². The highest BCUT2D eigenvalue weighted by Gasteiger charge is 2.34. The summed E-state index contributed by atoms with van der Waals surface area (Å²) in [6.07, 6.45) is 4.77. The van der Waals surface area contributed by atoms with Gasteiger partial charge in [0.25, 0.3) is 5.56 Å². The van der Waals surface area contributed by atoms with Crippen molar-refractivity contribution >= 4 is 25.8 Å². The van der Waals surface area contributed by atoms with Crippen molar-refractivity contribution in [1.29, 1.82) is 0 Å². The second-order valence-electron chi connectivity index (χ2n) is 7.94. The quantitative estimate of drug-likeness (QED) is 0.558. The number of aromatic nitrogens is 1. The molecule has 0 N–H and O–H groups in total. The Hall–Kier alpha value is -1.72. The highest BCUT2D eigenvalue weighted by Crippen LogP contribution is 2.21. The van der Waals surface area contributed by atoms with E-state index in [0.717, 1.165) is 36.3 Å². The number of hydrogen-bond acceptors (Lipinski definition) is 6. The molecular weight excluding hydrogens is 430 g/mol. The number of amides is 1. The summed E-state index contributed by atoms with van der Waals surface area (Å²) in [6.45, 7) is 2.96. The largest absolute Gasteiger partial charge is 0.337 e. The minimum Gasteiger partial charge on any atom is -0.337 e. The van der Waals surface area contributed by atoms with Crippen LogP contribution in [0.15, 0.2) is 28.0 Å². The average molecular weight is 460 g/mol. The fourth-order valence-electron chi connectivity index (χ4n) is 3.96. The molecule has 0 aromatic carbocycles. The summed E-state index contributed by atoms with van der Waals surface area (Å²) in [5.41, 5.74) is -0.474. The molecule has 1 atom stereocenters. The molecule has 3 heterocycles. The Morgan fingerprint density at radius 2 is 1.93 bits per heavy atom. The molecule has 9 nitrogen and oxygen atoms in total. The van der Waals surface area contributed by atoms with Gasteiger partial charge in [0.05, 0.1) is 16.4 Å². The normalized spacial score (nSPS) is 21.7. The lowest BCUT2D eigenvalue weighted by Crippen LogP contribution is -2.44. The first-order valence-electron chi connectivity index (χ1n) is 10.3. The second kappa shape index (κ2) is 9.19. The molecule has 0 saturated carbocycles. The number of pyridine rings is 1. The third-order valence-corrected chi connectivity index (χ3v) is 9.32. The highest BCUT2D eigenvalue weighted by molar-refractivity contribution is 7.91. The van der Waals surface area contributed by atoms with E-state index < -0.39 is 31.5 Å². The van der Waals surface area contributed by atoms with Crippen molar-refractivity contribution in [2.75, 3.05) is 31.1 Å². The van der Waals surface area contributed by atoms with Gasteiger partial charge in [-0.25, -0.2) is 16.8 Å². The molecule has 2 aliphatic heterocycles. The van der Waals surface area contributed by atoms with Crippen LogP contribution >= 0.6 is 0 Å². The van der Waals surface area contributed by atoms with Crippen LogP contribution in [0.25, 0.3) is 0 Å². The maximum Gasteiger partial charge on any atom is 0.251 e. The van der Waals surface area contributed by atoms with E-state index in [1.54, 1.807) is 4.90 Å². The standard InChI is InChI=1S/C19H29N3O6S2/c1-2-3-11-22(16-8-12-29(25,26)15-16)19(24)14-20-13-17(6-7-18(20)23)30(27,28)21-9-4-5-10-21/h6-7,13,16H,2-5,8-12,14-15H2,1H3. The van der Waals surface area contributed by atoms with Gasteiger partial charge in [0.2, 0.25) is 15.9 Å². The molecule has 2 aliphatic rings. The molecule has 1 aromatic rings. The Labute approximate surface area is 177 Å². The van der Waals surface area contributed by atoms with Crippen molar-refractivity contribution in [2.45, 2.75) is 56.5 Å². The van der Waals surface area contributed by atoms with Crippen molar-refractivity contribution in [3.05, 3.63) is 28.7 Å². The monoisotopic (exact) mass is 459 g/mol. The molecule has 30 heavy (non-hydrogen) atoms. The number of carbonyl (C=O) groups is 1. The van der Waals surface area contributed by atoms with Crippen molar-refractivity contribution < 1.29 is 21.6 Å². The molecule has 0 radical (unpaired) electrons. The third-order valence-electron chi connectivity index (χ3n) is 5.69. The van der Waals surface area contributed by atoms with Gasteiger partial charge in [-0.3, -0.25) is 9.59 Å². The fourth-order valence-corrected chi connectivity index (χ4v) is 7.23. The lowest BCUT2D eigenvalue weighted by atomic mass is 10.2. The summed E-state index contributed by atoms with van der Waals surface area (Å²) in [7, 11) is -6.87. The number of sulfone groups is 1. The smallest absolute Gasteiger partial charge is 0.251 e. The summed E-state index contributed by atoms with van der Waals surface area (Å²) in [5.74, 6) is -0.388. The molecule has 2 saturated heterocycles. The van der Waals surface area contributed by atoms with Crippen LogP contribution in [-0.2, 0) is 31.2 Å². The zero-order valence-electron chi connectivity index (χ0n) is 17.2. The summed E-state index contributed by atoms with van der Waals surface area (Å²) < 4.78 is 51.8. The SMILES string of the molecule is CCCCN(C(=O)Cn1cc(S(=O)(=O)N2CCCC2)ccc1=O)C1CCS(=O)(=O)C1. The van der Waals surface area contributed by atoms with E-state index in [0.29, 0.717) is 26.1 Å². The van der Waals surface area contributed by atoms with Gasteiger partial charge in [0, 0.05) is 37.9 Å². The fraction of sp³-hybridized carbons (Fsp3) is 0.684. The average Bonchev–Trinajstić information content (AvgIpc) is 3.34. The van der Waals surface area contributed by atoms with E-state index >= 15 is 0 Å². The number of unbranched alkanes of at least 4 members (excludes halogenated alkanes) is 1. The van der Waals surface area contributed by atoms with Gasteiger partial charge in [-0.1, -0.05) is 13.3 Å². The zero-order valence-corrected chi connectivity index (χ0v) is 18.8. The van der Waals surface area contributed by atoms with Crippen LogP contribution in [0, 0.1) is 0 Å². The maximum atomic E-state index is 13.0. The van der Waals surface area contributed by atoms with E-state index in [1.807, 2.05) is 6.92 Å². The van der Waals surface area contributed by atoms with Crippen molar-refractivity contribution in [2.24, 2.45) is 0 Å². The Morgan fingerprint density at radius 1 is 1.23 bits per heavy atom. The van der Waals surface area contributed by atoms with Gasteiger partial charge in [-0.05, 0) is 31.7 Å². The van der Waals surface area contributed by atoms with Crippen LogP contribution < -0.4 is 5.56 Å². The third kappa shape index (κ3) is 5.12. The second-order valence-corrected chi connectivity index (χ2v) is 12.1. The van der Waals surface area contributed by atoms with E-state index in [4.69, 9.17) is 0 Å². The molecule has 0 aliphatic carbocycles. The Kier molecular flexibility index (Phi) is 7.03. The topological polar surface area (TPSA) is 114 Å². The van der Waals surface area contributed by atoms with Gasteiger partial charge in [0.15, 0.2) is 9.84 Å². The number of carbonyl (C=O) groups excluding carboxylic acids is 1. The predicted molar refractivity (Wildman–Crippen MR) is 112 cm³/mol. The summed E-state index contributed by atoms with van der Waals surface area (Å²) in [6, 6.07) is 2.03. The Morgan fingerprint density at radius 3 is 2.53 bits per heavy atom. The van der Waals surface area contributed by atoms with E-state index in [1.165, 1.54) is 16.6 Å². The number of rotatable bonds is 8. The first-order chi connectivity index (χ1) is 14.1. The Bertz CT molecular complexity index is 1040. The van der Waals surface area contributed by atoms with Crippen LogP contribution in [0.1, 0.15) is 39.0 Å². The molecule has 1 amide bonds. The number of sulfonamides is 1. The molecule has 2 fully saturated rings. The van der Waals surface area contributed by atoms with Gasteiger partial charge < -0.3 is 9.47 Å². The lowest BCUT2D eigenvalue weighted by molar-refractivity contribution is -0.133. The Balaban J connectivity index is 1.82. The summed E-state index contributed by atoms with van der Waals surface area (Å²) in [4.78, 5) is 26.8. The number of hydrogen-bond donors (Lipinski definition) is 0. The van der Waals surface area contributed by atoms with E-state index in [2.05, 4.69) is 0 Å². The van der Waals surface area contributed by atoms with Crippen LogP contribution in [0.5, 0.6) is 0 Å². The number of nitrogens with zero attached hydrogens (tertiary/aromatic N) is 3. The molecule has 0 spiro atoms. The van der Waals surface area contributed by atoms with Gasteiger partial charge in [0.1, 0.15) is 6.54 Å². The van der Waals surface area contributed by atoms with Crippen molar-refractivity contribution in [3.63, 3.8) is 0 Å². The van der Waals surface area contributed by atoms with E-state index in [9.17, 15) is 26.4 Å². The van der Waals surface area contributed by atoms with Crippen molar-refractivity contribution in [3.8, 4) is 0 Å². The van der Waals surface area contributed by atoms with Crippen LogP contribution in [0.4, 0.5) is 0 Å². The predicted octanol–water partition coefficient (Wildman–Crippen LogP) is 0.449. The van der Waals surface area contributed by atoms with E-state index in [-0.39, 0.29) is 28.9 Å². The van der Waals surface area contributed by atoms with Gasteiger partial charge in [-0.15, -0.1) is 0 Å². The molecular formula is C19H29N3O6S2. The molecule has 0 bridgehead atoms. The zero-order chi connectivity index (χ0) is 21.9. The van der Waals surface area contributed by atoms with Crippen LogP contribution in [0.3, 0.4) is 0 Å². The minimum absolute atomic E-state index is 0.0136. The van der Waals surface area contributed by atoms with Crippen LogP contribution in [0.2, 0.25) is 0 Å². The summed E-state index contributed by atoms with van der Waals surface area (Å²) >= 11 is 0. The van der Waals surface area contributed by atoms with Gasteiger partial charge >= 0.3 is 0 Å². The highest BCUT2D eigenvalue weighted by atomic mass is 32.2. The first-order valence-corrected chi connectivity index (χ1v) is 13.6. The first kappa shape index (κ1) is 23.0. The minimum atomic E-state index is -3.71. The van der Waals surface area contributed by atoms with Crippen molar-refractivity contribution in [1.82, 2.24) is 13.8 Å². The maximum absolute atomic E-state index is 13.0. The molecule has 3 rings (SSSR count). The molecule has 168 valence electrons.